The molecular weight excluding hydrogens is 439 g/mol. The number of carbonyl (C=O) groups excluding carboxylic acids is 1. The average Bonchev–Trinajstić information content (AvgIpc) is 3.30. The van der Waals surface area contributed by atoms with Gasteiger partial charge in [-0.3, -0.25) is 9.78 Å². The summed E-state index contributed by atoms with van der Waals surface area (Å²) in [5.41, 5.74) is 2.71. The number of hydrogen-bond acceptors (Lipinski definition) is 8. The van der Waals surface area contributed by atoms with Crippen molar-refractivity contribution in [1.82, 2.24) is 25.2 Å². The lowest BCUT2D eigenvalue weighted by atomic mass is 10.1. The topological polar surface area (TPSA) is 102 Å². The summed E-state index contributed by atoms with van der Waals surface area (Å²) in [6.07, 6.45) is 1.86. The Morgan fingerprint density at radius 1 is 1.24 bits per heavy atom. The summed E-state index contributed by atoms with van der Waals surface area (Å²) in [5, 5.41) is 6.34. The van der Waals surface area contributed by atoms with Crippen molar-refractivity contribution in [2.45, 2.75) is 19.0 Å². The summed E-state index contributed by atoms with van der Waals surface area (Å²) in [6.45, 7) is 3.43. The first-order valence-electron chi connectivity index (χ1n) is 11.5. The van der Waals surface area contributed by atoms with Crippen LogP contribution in [0.3, 0.4) is 0 Å². The first-order valence-corrected chi connectivity index (χ1v) is 11.5. The predicted molar refractivity (Wildman–Crippen MR) is 122 cm³/mol. The SMILES string of the molecule is COc1ccc2ncc(F)c(CCN3C[C@@H]4[C@H](C3)[C@H]4NCc3ccc4c(n3)NC(=O)CO4)c2n1. The summed E-state index contributed by atoms with van der Waals surface area (Å²) in [6, 6.07) is 7.78. The highest BCUT2D eigenvalue weighted by atomic mass is 19.1. The zero-order chi connectivity index (χ0) is 23.2. The maximum absolute atomic E-state index is 14.6. The number of amides is 1. The molecule has 2 aliphatic heterocycles. The van der Waals surface area contributed by atoms with E-state index >= 15 is 0 Å². The van der Waals surface area contributed by atoms with Crippen molar-refractivity contribution in [3.05, 3.63) is 47.5 Å². The Morgan fingerprint density at radius 2 is 2.09 bits per heavy atom. The van der Waals surface area contributed by atoms with E-state index in [9.17, 15) is 9.18 Å². The molecule has 0 radical (unpaired) electrons. The van der Waals surface area contributed by atoms with E-state index in [-0.39, 0.29) is 18.3 Å². The van der Waals surface area contributed by atoms with Crippen LogP contribution in [0.15, 0.2) is 30.5 Å². The van der Waals surface area contributed by atoms with E-state index in [1.807, 2.05) is 18.2 Å². The Hall–Kier alpha value is -3.37. The molecule has 3 aromatic rings. The van der Waals surface area contributed by atoms with Gasteiger partial charge < -0.3 is 25.0 Å². The number of ether oxygens (including phenoxy) is 2. The van der Waals surface area contributed by atoms with Crippen molar-refractivity contribution in [3.8, 4) is 11.6 Å². The van der Waals surface area contributed by atoms with E-state index in [0.717, 1.165) is 25.3 Å². The summed E-state index contributed by atoms with van der Waals surface area (Å²) in [4.78, 5) is 27.0. The first kappa shape index (κ1) is 21.2. The molecule has 3 atom stereocenters. The molecule has 9 nitrogen and oxygen atoms in total. The summed E-state index contributed by atoms with van der Waals surface area (Å²) < 4.78 is 25.1. The van der Waals surface area contributed by atoms with Crippen LogP contribution in [0.2, 0.25) is 0 Å². The molecule has 0 spiro atoms. The van der Waals surface area contributed by atoms with Crippen LogP contribution in [0, 0.1) is 17.7 Å². The van der Waals surface area contributed by atoms with Gasteiger partial charge >= 0.3 is 0 Å². The van der Waals surface area contributed by atoms with Gasteiger partial charge in [-0.05, 0) is 36.5 Å². The minimum atomic E-state index is -0.323. The number of hydrogen-bond donors (Lipinski definition) is 2. The van der Waals surface area contributed by atoms with Gasteiger partial charge in [0.25, 0.3) is 5.91 Å². The van der Waals surface area contributed by atoms with E-state index in [4.69, 9.17) is 9.47 Å². The summed E-state index contributed by atoms with van der Waals surface area (Å²) in [7, 11) is 1.55. The third-order valence-electron chi connectivity index (χ3n) is 6.95. The molecule has 0 bridgehead atoms. The van der Waals surface area contributed by atoms with Crippen LogP contribution in [-0.4, -0.2) is 65.2 Å². The van der Waals surface area contributed by atoms with Crippen LogP contribution in [0.5, 0.6) is 11.6 Å². The number of aromatic nitrogens is 3. The number of rotatable bonds is 7. The smallest absolute Gasteiger partial charge is 0.263 e. The fourth-order valence-electron chi connectivity index (χ4n) is 5.12. The number of nitrogens with zero attached hydrogens (tertiary/aromatic N) is 4. The lowest BCUT2D eigenvalue weighted by Gasteiger charge is -2.20. The van der Waals surface area contributed by atoms with Gasteiger partial charge in [-0.15, -0.1) is 0 Å². The molecule has 6 rings (SSSR count). The standard InChI is InChI=1S/C24H25FN6O3/c1-33-21-5-3-18-23(30-21)14(17(25)9-26-18)6-7-31-10-15-16(11-31)22(15)27-8-13-2-4-19-24(28-13)29-20(32)12-34-19/h2-5,9,15-16,22,27H,6-8,10-12H2,1H3,(H,28,29,32)/t15-,16+,22+. The molecule has 1 amide bonds. The molecule has 0 unspecified atom stereocenters. The van der Waals surface area contributed by atoms with Gasteiger partial charge in [0.1, 0.15) is 5.82 Å². The minimum absolute atomic E-state index is 0.0307. The van der Waals surface area contributed by atoms with Crippen LogP contribution in [0.1, 0.15) is 11.3 Å². The van der Waals surface area contributed by atoms with Gasteiger partial charge in [0.05, 0.1) is 30.0 Å². The fourth-order valence-corrected chi connectivity index (χ4v) is 5.12. The third-order valence-corrected chi connectivity index (χ3v) is 6.95. The summed E-state index contributed by atoms with van der Waals surface area (Å²) >= 11 is 0. The lowest BCUT2D eigenvalue weighted by molar-refractivity contribution is -0.118. The molecule has 1 saturated heterocycles. The van der Waals surface area contributed by atoms with Gasteiger partial charge in [0.2, 0.25) is 5.88 Å². The van der Waals surface area contributed by atoms with Crippen molar-refractivity contribution in [3.63, 3.8) is 0 Å². The molecular formula is C24H25FN6O3. The minimum Gasteiger partial charge on any atom is -0.481 e. The Kier molecular flexibility index (Phi) is 5.26. The number of piperidine rings is 1. The molecule has 2 N–H and O–H groups in total. The second-order valence-electron chi connectivity index (χ2n) is 9.04. The van der Waals surface area contributed by atoms with Crippen LogP contribution >= 0.6 is 0 Å². The van der Waals surface area contributed by atoms with Crippen LogP contribution in [0.25, 0.3) is 11.0 Å². The number of fused-ring (bicyclic) bond motifs is 3. The van der Waals surface area contributed by atoms with Crippen LogP contribution in [-0.2, 0) is 17.8 Å². The third kappa shape index (κ3) is 3.92. The average molecular weight is 465 g/mol. The maximum Gasteiger partial charge on any atom is 0.263 e. The van der Waals surface area contributed by atoms with Crippen molar-refractivity contribution >= 4 is 22.8 Å². The van der Waals surface area contributed by atoms with E-state index < -0.39 is 0 Å². The highest BCUT2D eigenvalue weighted by molar-refractivity contribution is 5.94. The molecule has 5 heterocycles. The van der Waals surface area contributed by atoms with E-state index in [2.05, 4.69) is 30.5 Å². The molecule has 176 valence electrons. The second kappa shape index (κ2) is 8.44. The lowest BCUT2D eigenvalue weighted by Crippen LogP contribution is -2.32. The van der Waals surface area contributed by atoms with Gasteiger partial charge in [-0.2, -0.15) is 0 Å². The Morgan fingerprint density at radius 3 is 2.91 bits per heavy atom. The first-order chi connectivity index (χ1) is 16.6. The Labute approximate surface area is 195 Å². The largest absolute Gasteiger partial charge is 0.481 e. The van der Waals surface area contributed by atoms with Crippen molar-refractivity contribution < 1.29 is 18.7 Å². The zero-order valence-corrected chi connectivity index (χ0v) is 18.8. The van der Waals surface area contributed by atoms with Gasteiger partial charge in [-0.25, -0.2) is 14.4 Å². The molecule has 2 fully saturated rings. The number of nitrogens with one attached hydrogen (secondary N) is 2. The normalized spacial score (nSPS) is 23.2. The monoisotopic (exact) mass is 464 g/mol. The number of anilines is 1. The van der Waals surface area contributed by atoms with Crippen molar-refractivity contribution in [1.29, 1.82) is 0 Å². The number of likely N-dealkylation sites (tertiary alicyclic amines) is 1. The van der Waals surface area contributed by atoms with Crippen molar-refractivity contribution in [2.75, 3.05) is 38.7 Å². The zero-order valence-electron chi connectivity index (χ0n) is 18.8. The Bertz CT molecular complexity index is 1260. The van der Waals surface area contributed by atoms with E-state index in [1.165, 1.54) is 6.20 Å². The van der Waals surface area contributed by atoms with Gasteiger partial charge in [-0.1, -0.05) is 0 Å². The molecule has 34 heavy (non-hydrogen) atoms. The predicted octanol–water partition coefficient (Wildman–Crippen LogP) is 1.77. The fraction of sp³-hybridized carbons (Fsp3) is 0.417. The molecule has 10 heteroatoms. The molecule has 3 aliphatic rings. The second-order valence-corrected chi connectivity index (χ2v) is 9.04. The highest BCUT2D eigenvalue weighted by Gasteiger charge is 2.55. The van der Waals surface area contributed by atoms with Crippen molar-refractivity contribution in [2.24, 2.45) is 11.8 Å². The van der Waals surface area contributed by atoms with Gasteiger partial charge in [0, 0.05) is 43.9 Å². The van der Waals surface area contributed by atoms with E-state index in [0.29, 0.717) is 64.9 Å². The number of pyridine rings is 3. The van der Waals surface area contributed by atoms with Gasteiger partial charge in [0.15, 0.2) is 18.2 Å². The molecule has 3 aromatic heterocycles. The number of carbonyl (C=O) groups is 1. The molecule has 1 saturated carbocycles. The number of methoxy groups -OCH3 is 1. The number of halogens is 1. The quantitative estimate of drug-likeness (QED) is 0.546. The van der Waals surface area contributed by atoms with Crippen LogP contribution < -0.4 is 20.1 Å². The van der Waals surface area contributed by atoms with Crippen LogP contribution in [0.4, 0.5) is 10.2 Å². The molecule has 1 aliphatic carbocycles. The Balaban J connectivity index is 1.03. The summed E-state index contributed by atoms with van der Waals surface area (Å²) in [5.74, 6) is 2.24. The van der Waals surface area contributed by atoms with E-state index in [1.54, 1.807) is 13.2 Å². The highest BCUT2D eigenvalue weighted by Crippen LogP contribution is 2.45. The molecule has 0 aromatic carbocycles. The maximum atomic E-state index is 14.6.